The molecule has 1 fully saturated rings. The molecule has 1 heterocycles. The Bertz CT molecular complexity index is 373. The molecule has 0 aliphatic carbocycles. The summed E-state index contributed by atoms with van der Waals surface area (Å²) in [6.07, 6.45) is 1.84. The van der Waals surface area contributed by atoms with Gasteiger partial charge in [0.05, 0.1) is 12.5 Å². The lowest BCUT2D eigenvalue weighted by Gasteiger charge is -2.14. The van der Waals surface area contributed by atoms with Gasteiger partial charge in [0.2, 0.25) is 5.91 Å². The molecule has 3 N–H and O–H groups in total. The first-order valence-corrected chi connectivity index (χ1v) is 6.96. The summed E-state index contributed by atoms with van der Waals surface area (Å²) in [6, 6.07) is -0.495. The van der Waals surface area contributed by atoms with E-state index < -0.39 is 23.8 Å². The Morgan fingerprint density at radius 1 is 1.30 bits per heavy atom. The lowest BCUT2D eigenvalue weighted by molar-refractivity contribution is -0.142. The fraction of sp³-hybridized carbons (Fsp3) is 0.769. The minimum Gasteiger partial charge on any atom is -0.481 e. The highest BCUT2D eigenvalue weighted by molar-refractivity contribution is 5.95. The number of imide groups is 1. The molecular weight excluding hydrogens is 262 g/mol. The van der Waals surface area contributed by atoms with Crippen molar-refractivity contribution in [3.05, 3.63) is 0 Å². The zero-order chi connectivity index (χ0) is 15.1. The van der Waals surface area contributed by atoms with Crippen LogP contribution < -0.4 is 10.6 Å². The van der Waals surface area contributed by atoms with Gasteiger partial charge in [-0.3, -0.25) is 19.8 Å². The number of amides is 3. The number of unbranched alkanes of at least 4 members (excludes halogenated alkanes) is 1. The van der Waals surface area contributed by atoms with E-state index in [-0.39, 0.29) is 12.5 Å². The second-order valence-electron chi connectivity index (χ2n) is 5.27. The van der Waals surface area contributed by atoms with Crippen molar-refractivity contribution in [2.75, 3.05) is 26.2 Å². The number of nitrogens with zero attached hydrogens (tertiary/aromatic N) is 1. The van der Waals surface area contributed by atoms with E-state index in [0.717, 1.165) is 12.8 Å². The number of aliphatic carboxylic acids is 1. The van der Waals surface area contributed by atoms with Crippen molar-refractivity contribution < 1.29 is 19.5 Å². The lowest BCUT2D eigenvalue weighted by atomic mass is 9.99. The Balaban J connectivity index is 2.29. The molecule has 3 amide bonds. The van der Waals surface area contributed by atoms with Crippen molar-refractivity contribution in [3.8, 4) is 0 Å². The Kier molecular flexibility index (Phi) is 6.44. The first-order chi connectivity index (χ1) is 9.43. The highest BCUT2D eigenvalue weighted by Crippen LogP contribution is 2.22. The molecule has 1 aliphatic heterocycles. The van der Waals surface area contributed by atoms with Gasteiger partial charge in [-0.1, -0.05) is 20.3 Å². The number of hydrogen-bond acceptors (Lipinski definition) is 4. The molecule has 0 saturated carbocycles. The summed E-state index contributed by atoms with van der Waals surface area (Å²) in [4.78, 5) is 35.8. The summed E-state index contributed by atoms with van der Waals surface area (Å²) >= 11 is 0. The van der Waals surface area contributed by atoms with Gasteiger partial charge in [0.1, 0.15) is 0 Å². The van der Waals surface area contributed by atoms with Gasteiger partial charge < -0.3 is 10.4 Å². The number of likely N-dealkylation sites (tertiary alicyclic amines) is 1. The molecule has 1 aliphatic rings. The van der Waals surface area contributed by atoms with Gasteiger partial charge in [0, 0.05) is 19.6 Å². The molecule has 0 aromatic carbocycles. The van der Waals surface area contributed by atoms with Crippen molar-refractivity contribution in [3.63, 3.8) is 0 Å². The second-order valence-corrected chi connectivity index (χ2v) is 5.27. The highest BCUT2D eigenvalue weighted by atomic mass is 16.4. The quantitative estimate of drug-likeness (QED) is 0.608. The van der Waals surface area contributed by atoms with E-state index in [2.05, 4.69) is 10.6 Å². The molecule has 7 nitrogen and oxygen atoms in total. The summed E-state index contributed by atoms with van der Waals surface area (Å²) in [6.45, 7) is 5.36. The van der Waals surface area contributed by atoms with Crippen LogP contribution in [0.3, 0.4) is 0 Å². The Morgan fingerprint density at radius 3 is 2.55 bits per heavy atom. The summed E-state index contributed by atoms with van der Waals surface area (Å²) < 4.78 is 0. The van der Waals surface area contributed by atoms with Crippen molar-refractivity contribution in [2.24, 2.45) is 11.8 Å². The van der Waals surface area contributed by atoms with Crippen LogP contribution in [-0.2, 0) is 9.59 Å². The van der Waals surface area contributed by atoms with Gasteiger partial charge in [-0.25, -0.2) is 4.79 Å². The monoisotopic (exact) mass is 285 g/mol. The molecule has 0 unspecified atom stereocenters. The number of urea groups is 1. The molecule has 0 aromatic heterocycles. The van der Waals surface area contributed by atoms with Crippen molar-refractivity contribution in [1.82, 2.24) is 15.5 Å². The van der Waals surface area contributed by atoms with E-state index in [9.17, 15) is 14.4 Å². The van der Waals surface area contributed by atoms with E-state index in [1.165, 1.54) is 0 Å². The average molecular weight is 285 g/mol. The third-order valence-electron chi connectivity index (χ3n) is 3.44. The summed E-state index contributed by atoms with van der Waals surface area (Å²) in [7, 11) is 0. The summed E-state index contributed by atoms with van der Waals surface area (Å²) in [5.74, 6) is -1.67. The minimum absolute atomic E-state index is 0.0127. The maximum absolute atomic E-state index is 11.7. The molecule has 7 heteroatoms. The summed E-state index contributed by atoms with van der Waals surface area (Å²) in [5, 5.41) is 13.8. The van der Waals surface area contributed by atoms with Gasteiger partial charge in [-0.2, -0.15) is 0 Å². The first-order valence-electron chi connectivity index (χ1n) is 6.96. The van der Waals surface area contributed by atoms with Crippen LogP contribution >= 0.6 is 0 Å². The van der Waals surface area contributed by atoms with E-state index in [0.29, 0.717) is 19.6 Å². The van der Waals surface area contributed by atoms with Crippen LogP contribution in [0.25, 0.3) is 0 Å². The fourth-order valence-electron chi connectivity index (χ4n) is 2.31. The maximum Gasteiger partial charge on any atom is 0.321 e. The average Bonchev–Trinajstić information content (AvgIpc) is 2.70. The van der Waals surface area contributed by atoms with Gasteiger partial charge in [0.15, 0.2) is 0 Å². The van der Waals surface area contributed by atoms with Gasteiger partial charge in [0.25, 0.3) is 0 Å². The van der Waals surface area contributed by atoms with Crippen LogP contribution in [0, 0.1) is 11.8 Å². The molecule has 1 saturated heterocycles. The Labute approximate surface area is 118 Å². The number of carboxylic acid groups (broad SMARTS) is 1. The number of carbonyl (C=O) groups is 3. The van der Waals surface area contributed by atoms with Crippen molar-refractivity contribution in [2.45, 2.75) is 26.7 Å². The van der Waals surface area contributed by atoms with E-state index in [1.54, 1.807) is 4.90 Å². The predicted molar refractivity (Wildman–Crippen MR) is 73.2 cm³/mol. The van der Waals surface area contributed by atoms with E-state index in [4.69, 9.17) is 5.11 Å². The topological polar surface area (TPSA) is 98.7 Å². The van der Waals surface area contributed by atoms with Crippen LogP contribution in [-0.4, -0.2) is 54.1 Å². The number of hydrogen-bond donors (Lipinski definition) is 3. The number of rotatable bonds is 6. The normalized spacial score (nSPS) is 22.5. The van der Waals surface area contributed by atoms with Crippen LogP contribution in [0.2, 0.25) is 0 Å². The molecule has 0 radical (unpaired) electrons. The molecule has 1 rings (SSSR count). The largest absolute Gasteiger partial charge is 0.481 e. The maximum atomic E-state index is 11.7. The molecule has 20 heavy (non-hydrogen) atoms. The minimum atomic E-state index is -0.835. The fourth-order valence-corrected chi connectivity index (χ4v) is 2.31. The van der Waals surface area contributed by atoms with Crippen molar-refractivity contribution in [1.29, 1.82) is 0 Å². The second kappa shape index (κ2) is 7.84. The SMILES string of the molecule is CCCCNC(=O)NC(=O)CN1C[C@@H](C)[C@H](C(=O)O)C1. The third-order valence-corrected chi connectivity index (χ3v) is 3.44. The standard InChI is InChI=1S/C13H23N3O4/c1-3-4-5-14-13(20)15-11(17)8-16-6-9(2)10(7-16)12(18)19/h9-10H,3-8H2,1-2H3,(H,18,19)(H2,14,15,17,20)/t9-,10-/m1/s1. The molecule has 2 atom stereocenters. The molecule has 0 spiro atoms. The van der Waals surface area contributed by atoms with Gasteiger partial charge >= 0.3 is 12.0 Å². The first kappa shape index (κ1) is 16.4. The van der Waals surface area contributed by atoms with E-state index >= 15 is 0 Å². The van der Waals surface area contributed by atoms with Gasteiger partial charge in [-0.15, -0.1) is 0 Å². The third kappa shape index (κ3) is 5.16. The summed E-state index contributed by atoms with van der Waals surface area (Å²) in [5.41, 5.74) is 0. The zero-order valence-electron chi connectivity index (χ0n) is 12.0. The Morgan fingerprint density at radius 2 is 2.00 bits per heavy atom. The van der Waals surface area contributed by atoms with Crippen LogP contribution in [0.15, 0.2) is 0 Å². The Hall–Kier alpha value is -1.63. The van der Waals surface area contributed by atoms with Crippen LogP contribution in [0.1, 0.15) is 26.7 Å². The smallest absolute Gasteiger partial charge is 0.321 e. The number of nitrogens with one attached hydrogen (secondary N) is 2. The zero-order valence-corrected chi connectivity index (χ0v) is 12.0. The van der Waals surface area contributed by atoms with Crippen LogP contribution in [0.4, 0.5) is 4.79 Å². The van der Waals surface area contributed by atoms with E-state index in [1.807, 2.05) is 13.8 Å². The van der Waals surface area contributed by atoms with Crippen molar-refractivity contribution >= 4 is 17.9 Å². The lowest BCUT2D eigenvalue weighted by Crippen LogP contribution is -2.44. The molecule has 0 bridgehead atoms. The van der Waals surface area contributed by atoms with Gasteiger partial charge in [-0.05, 0) is 12.3 Å². The number of carboxylic acids is 1. The predicted octanol–water partition coefficient (Wildman–Crippen LogP) is 0.265. The molecule has 114 valence electrons. The number of carbonyl (C=O) groups excluding carboxylic acids is 2. The molecular formula is C13H23N3O4. The van der Waals surface area contributed by atoms with Crippen LogP contribution in [0.5, 0.6) is 0 Å². The highest BCUT2D eigenvalue weighted by Gasteiger charge is 2.35. The molecule has 0 aromatic rings.